The molecule has 0 saturated carbocycles. The highest BCUT2D eigenvalue weighted by atomic mass is 16.1. The molecular weight excluding hydrogens is 188 g/mol. The van der Waals surface area contributed by atoms with Gasteiger partial charge in [0.2, 0.25) is 0 Å². The van der Waals surface area contributed by atoms with Crippen molar-refractivity contribution in [1.82, 2.24) is 9.97 Å². The van der Waals surface area contributed by atoms with Gasteiger partial charge in [-0.15, -0.1) is 0 Å². The number of hydrogen-bond acceptors (Lipinski definition) is 2. The van der Waals surface area contributed by atoms with Gasteiger partial charge in [0.15, 0.2) is 0 Å². The average Bonchev–Trinajstić information content (AvgIpc) is 2.24. The number of hydrogen-bond donors (Lipinski definition) is 1. The van der Waals surface area contributed by atoms with Crippen LogP contribution in [-0.4, -0.2) is 9.97 Å². The zero-order valence-electron chi connectivity index (χ0n) is 10.1. The molecule has 0 spiro atoms. The Morgan fingerprint density at radius 1 is 1.27 bits per heavy atom. The zero-order chi connectivity index (χ0) is 11.4. The third kappa shape index (κ3) is 2.46. The van der Waals surface area contributed by atoms with E-state index in [1.54, 1.807) is 0 Å². The summed E-state index contributed by atoms with van der Waals surface area (Å²) in [6.45, 7) is 8.12. The average molecular weight is 208 g/mol. The van der Waals surface area contributed by atoms with Crippen LogP contribution in [0.4, 0.5) is 0 Å². The lowest BCUT2D eigenvalue weighted by Gasteiger charge is -2.13. The quantitative estimate of drug-likeness (QED) is 0.826. The Labute approximate surface area is 91.0 Å². The molecule has 1 N–H and O–H groups in total. The number of rotatable bonds is 4. The molecule has 0 saturated heterocycles. The third-order valence-electron chi connectivity index (χ3n) is 2.98. The molecule has 1 heterocycles. The molecule has 0 aliphatic rings. The Bertz CT molecular complexity index is 378. The summed E-state index contributed by atoms with van der Waals surface area (Å²) in [6.07, 6.45) is 2.86. The Kier molecular flexibility index (Phi) is 4.06. The molecule has 0 amide bonds. The number of aryl methyl sites for hydroxylation is 1. The number of nitrogens with zero attached hydrogens (tertiary/aromatic N) is 1. The fourth-order valence-electron chi connectivity index (χ4n) is 1.81. The molecule has 0 atom stereocenters. The van der Waals surface area contributed by atoms with Crippen LogP contribution in [0.1, 0.15) is 56.6 Å². The van der Waals surface area contributed by atoms with Crippen LogP contribution in [0.15, 0.2) is 4.79 Å². The van der Waals surface area contributed by atoms with E-state index in [9.17, 15) is 4.79 Å². The minimum Gasteiger partial charge on any atom is -0.310 e. The van der Waals surface area contributed by atoms with Gasteiger partial charge in [0, 0.05) is 11.5 Å². The molecule has 0 unspecified atom stereocenters. The van der Waals surface area contributed by atoms with Crippen LogP contribution >= 0.6 is 0 Å². The fraction of sp³-hybridized carbons (Fsp3) is 0.667. The highest BCUT2D eigenvalue weighted by molar-refractivity contribution is 5.17. The molecular formula is C12H20N2O. The van der Waals surface area contributed by atoms with Gasteiger partial charge in [0.1, 0.15) is 5.82 Å². The van der Waals surface area contributed by atoms with E-state index in [0.717, 1.165) is 36.3 Å². The molecule has 0 aliphatic carbocycles. The first-order valence-corrected chi connectivity index (χ1v) is 5.73. The molecule has 0 radical (unpaired) electrons. The van der Waals surface area contributed by atoms with E-state index >= 15 is 0 Å². The lowest BCUT2D eigenvalue weighted by atomic mass is 10.0. The Morgan fingerprint density at radius 3 is 2.33 bits per heavy atom. The topological polar surface area (TPSA) is 45.8 Å². The molecule has 0 fully saturated rings. The lowest BCUT2D eigenvalue weighted by molar-refractivity contribution is 0.593. The molecule has 84 valence electrons. The Hall–Kier alpha value is -1.12. The maximum Gasteiger partial charge on any atom is 0.254 e. The summed E-state index contributed by atoms with van der Waals surface area (Å²) in [7, 11) is 0. The summed E-state index contributed by atoms with van der Waals surface area (Å²) in [6, 6.07) is 0. The van der Waals surface area contributed by atoms with Crippen molar-refractivity contribution >= 4 is 0 Å². The first-order chi connectivity index (χ1) is 7.13. The molecule has 0 aliphatic heterocycles. The maximum atomic E-state index is 11.7. The van der Waals surface area contributed by atoms with Gasteiger partial charge in [0.05, 0.1) is 5.69 Å². The normalized spacial score (nSPS) is 11.0. The van der Waals surface area contributed by atoms with E-state index in [-0.39, 0.29) is 5.56 Å². The van der Waals surface area contributed by atoms with Crippen molar-refractivity contribution in [3.63, 3.8) is 0 Å². The van der Waals surface area contributed by atoms with Gasteiger partial charge >= 0.3 is 0 Å². The number of aromatic nitrogens is 2. The van der Waals surface area contributed by atoms with Crippen LogP contribution in [0.2, 0.25) is 0 Å². The highest BCUT2D eigenvalue weighted by Gasteiger charge is 2.12. The summed E-state index contributed by atoms with van der Waals surface area (Å²) in [5.41, 5.74) is 1.71. The molecule has 3 nitrogen and oxygen atoms in total. The monoisotopic (exact) mass is 208 g/mol. The van der Waals surface area contributed by atoms with Crippen molar-refractivity contribution in [3.8, 4) is 0 Å². The maximum absolute atomic E-state index is 11.7. The van der Waals surface area contributed by atoms with Crippen molar-refractivity contribution < 1.29 is 0 Å². The predicted molar refractivity (Wildman–Crippen MR) is 62.3 cm³/mol. The van der Waals surface area contributed by atoms with Crippen LogP contribution < -0.4 is 5.56 Å². The second-order valence-electron chi connectivity index (χ2n) is 3.89. The fourth-order valence-corrected chi connectivity index (χ4v) is 1.81. The largest absolute Gasteiger partial charge is 0.310 e. The summed E-state index contributed by atoms with van der Waals surface area (Å²) in [5, 5.41) is 0. The van der Waals surface area contributed by atoms with Gasteiger partial charge in [0.25, 0.3) is 5.56 Å². The first-order valence-electron chi connectivity index (χ1n) is 5.73. The summed E-state index contributed by atoms with van der Waals surface area (Å²) in [4.78, 5) is 19.1. The second kappa shape index (κ2) is 5.10. The van der Waals surface area contributed by atoms with Crippen molar-refractivity contribution in [1.29, 1.82) is 0 Å². The Balaban J connectivity index is 3.21. The van der Waals surface area contributed by atoms with Gasteiger partial charge in [-0.3, -0.25) is 4.79 Å². The van der Waals surface area contributed by atoms with Gasteiger partial charge in [-0.1, -0.05) is 20.8 Å². The predicted octanol–water partition coefficient (Wildman–Crippen LogP) is 2.54. The van der Waals surface area contributed by atoms with Gasteiger partial charge in [-0.25, -0.2) is 4.98 Å². The van der Waals surface area contributed by atoms with Crippen molar-refractivity contribution in [2.45, 2.75) is 52.9 Å². The summed E-state index contributed by atoms with van der Waals surface area (Å²) < 4.78 is 0. The van der Waals surface area contributed by atoms with Crippen LogP contribution in [0.3, 0.4) is 0 Å². The molecule has 1 aromatic rings. The molecule has 1 aromatic heterocycles. The van der Waals surface area contributed by atoms with E-state index in [2.05, 4.69) is 23.8 Å². The second-order valence-corrected chi connectivity index (χ2v) is 3.89. The smallest absolute Gasteiger partial charge is 0.254 e. The summed E-state index contributed by atoms with van der Waals surface area (Å²) in [5.74, 6) is 1.23. The van der Waals surface area contributed by atoms with Gasteiger partial charge in [-0.2, -0.15) is 0 Å². The highest BCUT2D eigenvalue weighted by Crippen LogP contribution is 2.18. The van der Waals surface area contributed by atoms with E-state index < -0.39 is 0 Å². The van der Waals surface area contributed by atoms with Crippen LogP contribution in [0.25, 0.3) is 0 Å². The summed E-state index contributed by atoms with van der Waals surface area (Å²) >= 11 is 0. The van der Waals surface area contributed by atoms with E-state index in [4.69, 9.17) is 0 Å². The molecule has 0 aromatic carbocycles. The van der Waals surface area contributed by atoms with Crippen LogP contribution in [0, 0.1) is 6.92 Å². The Morgan fingerprint density at radius 2 is 1.87 bits per heavy atom. The van der Waals surface area contributed by atoms with Gasteiger partial charge in [-0.05, 0) is 26.2 Å². The number of H-pyrrole nitrogens is 1. The SMILES string of the molecule is CCc1nc(C(CC)CC)[nH]c(=O)c1C. The van der Waals surface area contributed by atoms with E-state index in [0.29, 0.717) is 5.92 Å². The molecule has 0 bridgehead atoms. The lowest BCUT2D eigenvalue weighted by Crippen LogP contribution is -2.19. The van der Waals surface area contributed by atoms with E-state index in [1.807, 2.05) is 13.8 Å². The zero-order valence-corrected chi connectivity index (χ0v) is 10.1. The van der Waals surface area contributed by atoms with Crippen molar-refractivity contribution in [2.75, 3.05) is 0 Å². The third-order valence-corrected chi connectivity index (χ3v) is 2.98. The van der Waals surface area contributed by atoms with Crippen molar-refractivity contribution in [2.24, 2.45) is 0 Å². The van der Waals surface area contributed by atoms with Gasteiger partial charge < -0.3 is 4.98 Å². The van der Waals surface area contributed by atoms with E-state index in [1.165, 1.54) is 0 Å². The number of aromatic amines is 1. The first kappa shape index (κ1) is 12.0. The van der Waals surface area contributed by atoms with Crippen LogP contribution in [0.5, 0.6) is 0 Å². The minimum atomic E-state index is 0.0174. The van der Waals surface area contributed by atoms with Crippen molar-refractivity contribution in [3.05, 3.63) is 27.4 Å². The number of nitrogens with one attached hydrogen (secondary N) is 1. The standard InChI is InChI=1S/C12H20N2O/c1-5-9(6-2)11-13-10(7-3)8(4)12(15)14-11/h9H,5-7H2,1-4H3,(H,13,14,15). The molecule has 1 rings (SSSR count). The minimum absolute atomic E-state index is 0.0174. The molecule has 15 heavy (non-hydrogen) atoms. The molecule has 3 heteroatoms. The van der Waals surface area contributed by atoms with Crippen LogP contribution in [-0.2, 0) is 6.42 Å².